The number of aryl methyl sites for hydroxylation is 1. The molecule has 0 aliphatic carbocycles. The van der Waals surface area contributed by atoms with Gasteiger partial charge in [-0.25, -0.2) is 0 Å². The van der Waals surface area contributed by atoms with Gasteiger partial charge in [-0.3, -0.25) is 9.59 Å². The third-order valence-electron chi connectivity index (χ3n) is 2.90. The molecule has 0 unspecified atom stereocenters. The molecule has 0 aliphatic rings. The molecule has 23 heavy (non-hydrogen) atoms. The second kappa shape index (κ2) is 7.39. The Labute approximate surface area is 130 Å². The zero-order valence-corrected chi connectivity index (χ0v) is 12.1. The van der Waals surface area contributed by atoms with E-state index < -0.39 is 18.4 Å². The van der Waals surface area contributed by atoms with E-state index in [0.29, 0.717) is 11.3 Å². The second-order valence-electron chi connectivity index (χ2n) is 4.54. The monoisotopic (exact) mass is 324 g/mol. The molecule has 1 heterocycles. The number of halogens is 2. The fourth-order valence-corrected chi connectivity index (χ4v) is 1.83. The van der Waals surface area contributed by atoms with Gasteiger partial charge in [0.2, 0.25) is 0 Å². The van der Waals surface area contributed by atoms with Crippen molar-refractivity contribution in [3.63, 3.8) is 0 Å². The number of ether oxygens (including phenoxy) is 1. The first kappa shape index (κ1) is 16.5. The van der Waals surface area contributed by atoms with Gasteiger partial charge in [0, 0.05) is 0 Å². The standard InChI is InChI=1S/C15H14F2N2O4/c1-9-4-2-6-11(23-15(16)17)12(9)19-14(21)13(20)18-8-10-5-3-7-22-10/h2-7,15H,8H2,1H3,(H,18,20)(H,19,21). The van der Waals surface area contributed by atoms with Crippen LogP contribution in [0.3, 0.4) is 0 Å². The molecule has 1 aromatic heterocycles. The first-order valence-electron chi connectivity index (χ1n) is 6.63. The van der Waals surface area contributed by atoms with E-state index in [2.05, 4.69) is 15.4 Å². The minimum absolute atomic E-state index is 0.0194. The Morgan fingerprint density at radius 2 is 2.00 bits per heavy atom. The van der Waals surface area contributed by atoms with Crippen molar-refractivity contribution in [3.05, 3.63) is 47.9 Å². The summed E-state index contributed by atoms with van der Waals surface area (Å²) in [5.74, 6) is -1.66. The summed E-state index contributed by atoms with van der Waals surface area (Å²) in [5.41, 5.74) is 0.501. The Kier molecular flexibility index (Phi) is 5.29. The van der Waals surface area contributed by atoms with Gasteiger partial charge in [-0.05, 0) is 30.7 Å². The maximum absolute atomic E-state index is 12.4. The van der Waals surface area contributed by atoms with Crippen LogP contribution in [0.15, 0.2) is 41.0 Å². The summed E-state index contributed by atoms with van der Waals surface area (Å²) in [7, 11) is 0. The van der Waals surface area contributed by atoms with E-state index in [-0.39, 0.29) is 18.0 Å². The fourth-order valence-electron chi connectivity index (χ4n) is 1.83. The summed E-state index contributed by atoms with van der Waals surface area (Å²) in [6.07, 6.45) is 1.43. The van der Waals surface area contributed by atoms with Gasteiger partial charge in [0.25, 0.3) is 0 Å². The summed E-state index contributed by atoms with van der Waals surface area (Å²) in [4.78, 5) is 23.6. The lowest BCUT2D eigenvalue weighted by Gasteiger charge is -2.14. The zero-order chi connectivity index (χ0) is 16.8. The number of rotatable bonds is 5. The number of furan rings is 1. The molecule has 2 N–H and O–H groups in total. The van der Waals surface area contributed by atoms with Crippen LogP contribution in [0.4, 0.5) is 14.5 Å². The lowest BCUT2D eigenvalue weighted by atomic mass is 10.2. The third-order valence-corrected chi connectivity index (χ3v) is 2.90. The van der Waals surface area contributed by atoms with Crippen LogP contribution < -0.4 is 15.4 Å². The van der Waals surface area contributed by atoms with E-state index in [4.69, 9.17) is 4.42 Å². The van der Waals surface area contributed by atoms with Crippen molar-refractivity contribution in [2.45, 2.75) is 20.1 Å². The molecular formula is C15H14F2N2O4. The number of benzene rings is 1. The van der Waals surface area contributed by atoms with Crippen LogP contribution in [0.1, 0.15) is 11.3 Å². The van der Waals surface area contributed by atoms with Gasteiger partial charge in [-0.1, -0.05) is 12.1 Å². The number of hydrogen-bond donors (Lipinski definition) is 2. The average Bonchev–Trinajstić information content (AvgIpc) is 3.01. The number of carbonyl (C=O) groups excluding carboxylic acids is 2. The minimum atomic E-state index is -3.04. The molecule has 0 radical (unpaired) electrons. The SMILES string of the molecule is Cc1cccc(OC(F)F)c1NC(=O)C(=O)NCc1ccco1. The Morgan fingerprint density at radius 3 is 2.65 bits per heavy atom. The van der Waals surface area contributed by atoms with Gasteiger partial charge >= 0.3 is 18.4 Å². The highest BCUT2D eigenvalue weighted by Gasteiger charge is 2.18. The Balaban J connectivity index is 2.03. The van der Waals surface area contributed by atoms with Crippen LogP contribution in [0, 0.1) is 6.92 Å². The van der Waals surface area contributed by atoms with Gasteiger partial charge in [-0.15, -0.1) is 0 Å². The summed E-state index contributed by atoms with van der Waals surface area (Å²) in [5, 5.41) is 4.63. The second-order valence-corrected chi connectivity index (χ2v) is 4.54. The Hall–Kier alpha value is -2.90. The maximum atomic E-state index is 12.4. The predicted molar refractivity (Wildman–Crippen MR) is 77.0 cm³/mol. The van der Waals surface area contributed by atoms with Crippen molar-refractivity contribution < 1.29 is 27.5 Å². The number of carbonyl (C=O) groups is 2. The van der Waals surface area contributed by atoms with Crippen molar-refractivity contribution in [2.75, 3.05) is 5.32 Å². The highest BCUT2D eigenvalue weighted by Crippen LogP contribution is 2.29. The van der Waals surface area contributed by atoms with E-state index in [1.165, 1.54) is 18.4 Å². The van der Waals surface area contributed by atoms with Crippen molar-refractivity contribution in [3.8, 4) is 5.75 Å². The molecule has 0 saturated carbocycles. The summed E-state index contributed by atoms with van der Waals surface area (Å²) >= 11 is 0. The van der Waals surface area contributed by atoms with Crippen molar-refractivity contribution in [1.82, 2.24) is 5.32 Å². The topological polar surface area (TPSA) is 80.6 Å². The van der Waals surface area contributed by atoms with Crippen LogP contribution >= 0.6 is 0 Å². The van der Waals surface area contributed by atoms with Crippen molar-refractivity contribution >= 4 is 17.5 Å². The first-order chi connectivity index (χ1) is 11.0. The molecule has 0 aliphatic heterocycles. The number of para-hydroxylation sites is 1. The highest BCUT2D eigenvalue weighted by molar-refractivity contribution is 6.39. The predicted octanol–water partition coefficient (Wildman–Crippen LogP) is 2.44. The fraction of sp³-hybridized carbons (Fsp3) is 0.200. The largest absolute Gasteiger partial charge is 0.467 e. The number of amides is 2. The number of anilines is 1. The van der Waals surface area contributed by atoms with Crippen LogP contribution in [-0.4, -0.2) is 18.4 Å². The van der Waals surface area contributed by atoms with Crippen molar-refractivity contribution in [1.29, 1.82) is 0 Å². The van der Waals surface area contributed by atoms with E-state index in [1.54, 1.807) is 25.1 Å². The zero-order valence-electron chi connectivity index (χ0n) is 12.1. The summed E-state index contributed by atoms with van der Waals surface area (Å²) < 4.78 is 34.1. The molecule has 122 valence electrons. The van der Waals surface area contributed by atoms with Gasteiger partial charge in [-0.2, -0.15) is 8.78 Å². The summed E-state index contributed by atoms with van der Waals surface area (Å²) in [6.45, 7) is -1.41. The number of nitrogens with one attached hydrogen (secondary N) is 2. The van der Waals surface area contributed by atoms with Gasteiger partial charge in [0.15, 0.2) is 0 Å². The molecule has 2 amide bonds. The van der Waals surface area contributed by atoms with Gasteiger partial charge in [0.1, 0.15) is 11.5 Å². The van der Waals surface area contributed by atoms with Crippen LogP contribution in [0.5, 0.6) is 5.75 Å². The normalized spacial score (nSPS) is 10.4. The number of hydrogen-bond acceptors (Lipinski definition) is 4. The molecule has 0 atom stereocenters. The van der Waals surface area contributed by atoms with Crippen LogP contribution in [0.25, 0.3) is 0 Å². The highest BCUT2D eigenvalue weighted by atomic mass is 19.3. The van der Waals surface area contributed by atoms with Gasteiger partial charge in [0.05, 0.1) is 18.5 Å². The molecule has 1 aromatic carbocycles. The minimum Gasteiger partial charge on any atom is -0.467 e. The van der Waals surface area contributed by atoms with E-state index >= 15 is 0 Å². The quantitative estimate of drug-likeness (QED) is 0.828. The molecule has 6 nitrogen and oxygen atoms in total. The Bertz CT molecular complexity index is 687. The molecule has 2 aromatic rings. The maximum Gasteiger partial charge on any atom is 0.387 e. The van der Waals surface area contributed by atoms with E-state index in [0.717, 1.165) is 0 Å². The Morgan fingerprint density at radius 1 is 1.22 bits per heavy atom. The number of alkyl halides is 2. The third kappa shape index (κ3) is 4.53. The first-order valence-corrected chi connectivity index (χ1v) is 6.63. The molecule has 2 rings (SSSR count). The van der Waals surface area contributed by atoms with E-state index in [9.17, 15) is 18.4 Å². The van der Waals surface area contributed by atoms with Crippen LogP contribution in [0.2, 0.25) is 0 Å². The molecule has 0 spiro atoms. The van der Waals surface area contributed by atoms with Crippen LogP contribution in [-0.2, 0) is 16.1 Å². The molecule has 0 fully saturated rings. The lowest BCUT2D eigenvalue weighted by Crippen LogP contribution is -2.35. The smallest absolute Gasteiger partial charge is 0.387 e. The van der Waals surface area contributed by atoms with Crippen molar-refractivity contribution in [2.24, 2.45) is 0 Å². The molecule has 8 heteroatoms. The molecular weight excluding hydrogens is 310 g/mol. The molecule has 0 bridgehead atoms. The summed E-state index contributed by atoms with van der Waals surface area (Å²) in [6, 6.07) is 7.64. The van der Waals surface area contributed by atoms with E-state index in [1.807, 2.05) is 0 Å². The average molecular weight is 324 g/mol. The van der Waals surface area contributed by atoms with Gasteiger partial charge < -0.3 is 19.8 Å². The molecule has 0 saturated heterocycles. The lowest BCUT2D eigenvalue weighted by molar-refractivity contribution is -0.136.